The zero-order valence-corrected chi connectivity index (χ0v) is 24.0. The molecule has 5 aromatic rings. The molecule has 9 heteroatoms. The number of rotatable bonds is 7. The van der Waals surface area contributed by atoms with Crippen LogP contribution in [-0.2, 0) is 4.79 Å². The van der Waals surface area contributed by atoms with E-state index in [1.165, 1.54) is 11.6 Å². The molecular weight excluding hydrogens is 565 g/mol. The number of thiocarbonyl (C=S) groups is 1. The van der Waals surface area contributed by atoms with Crippen molar-refractivity contribution in [3.8, 4) is 22.8 Å². The van der Waals surface area contributed by atoms with Gasteiger partial charge in [0.15, 0.2) is 10.7 Å². The Hall–Kier alpha value is -3.91. The van der Waals surface area contributed by atoms with Crippen LogP contribution in [0.5, 0.6) is 0 Å². The average molecular weight is 591 g/mol. The highest BCUT2D eigenvalue weighted by Gasteiger charge is 2.12. The molecule has 202 valence electrons. The topological polar surface area (TPSA) is 80.3 Å². The van der Waals surface area contributed by atoms with Gasteiger partial charge in [0.05, 0.1) is 5.02 Å². The minimum absolute atomic E-state index is 0.162. The van der Waals surface area contributed by atoms with Crippen molar-refractivity contribution in [2.45, 2.75) is 26.2 Å². The van der Waals surface area contributed by atoms with E-state index in [9.17, 15) is 4.79 Å². The minimum Gasteiger partial charge on any atom is -0.457 e. The number of nitrogens with zero attached hydrogens (tertiary/aromatic N) is 1. The highest BCUT2D eigenvalue weighted by Crippen LogP contribution is 2.32. The molecule has 0 spiro atoms. The number of anilines is 1. The number of halogens is 2. The van der Waals surface area contributed by atoms with Gasteiger partial charge in [0, 0.05) is 27.9 Å². The summed E-state index contributed by atoms with van der Waals surface area (Å²) in [7, 11) is 0. The molecule has 3 aromatic carbocycles. The third-order valence-electron chi connectivity index (χ3n) is 6.44. The first-order chi connectivity index (χ1) is 19.3. The first-order valence-electron chi connectivity index (χ1n) is 12.7. The smallest absolute Gasteiger partial charge is 0.250 e. The van der Waals surface area contributed by atoms with Crippen LogP contribution in [0.1, 0.15) is 37.5 Å². The van der Waals surface area contributed by atoms with Gasteiger partial charge in [-0.25, -0.2) is 4.98 Å². The van der Waals surface area contributed by atoms with E-state index >= 15 is 0 Å². The summed E-state index contributed by atoms with van der Waals surface area (Å²) in [6.45, 7) is 4.37. The molecule has 0 aliphatic carbocycles. The molecule has 0 radical (unpaired) electrons. The van der Waals surface area contributed by atoms with Gasteiger partial charge in [-0.2, -0.15) is 0 Å². The number of hydrogen-bond donors (Lipinski definition) is 2. The second kappa shape index (κ2) is 12.1. The number of furan rings is 1. The van der Waals surface area contributed by atoms with Crippen LogP contribution < -0.4 is 10.6 Å². The maximum Gasteiger partial charge on any atom is 0.250 e. The van der Waals surface area contributed by atoms with Crippen molar-refractivity contribution in [3.63, 3.8) is 0 Å². The van der Waals surface area contributed by atoms with Gasteiger partial charge in [-0.3, -0.25) is 10.1 Å². The quantitative estimate of drug-likeness (QED) is 0.145. The van der Waals surface area contributed by atoms with Crippen LogP contribution >= 0.6 is 35.4 Å². The fraction of sp³-hybridized carbons (Fsp3) is 0.129. The van der Waals surface area contributed by atoms with Crippen LogP contribution in [0.15, 0.2) is 87.7 Å². The molecule has 1 amide bonds. The predicted molar refractivity (Wildman–Crippen MR) is 166 cm³/mol. The molecule has 1 atom stereocenters. The Morgan fingerprint density at radius 2 is 1.82 bits per heavy atom. The third kappa shape index (κ3) is 6.45. The van der Waals surface area contributed by atoms with E-state index in [1.54, 1.807) is 36.4 Å². The molecule has 0 aliphatic rings. The van der Waals surface area contributed by atoms with Gasteiger partial charge in [-0.05, 0) is 103 Å². The lowest BCUT2D eigenvalue weighted by molar-refractivity contribution is -0.115. The molecule has 2 heterocycles. The van der Waals surface area contributed by atoms with E-state index in [1.807, 2.05) is 30.3 Å². The number of fused-ring (bicyclic) bond motifs is 1. The van der Waals surface area contributed by atoms with Crippen molar-refractivity contribution in [1.29, 1.82) is 0 Å². The number of carbonyl (C=O) groups excluding carboxylic acids is 1. The molecular formula is C31H25Cl2N3O3S. The number of benzene rings is 3. The van der Waals surface area contributed by atoms with Crippen LogP contribution in [0.25, 0.3) is 40.0 Å². The summed E-state index contributed by atoms with van der Waals surface area (Å²) in [6, 6.07) is 22.3. The maximum absolute atomic E-state index is 12.4. The molecule has 0 fully saturated rings. The molecule has 2 N–H and O–H groups in total. The van der Waals surface area contributed by atoms with Gasteiger partial charge in [0.1, 0.15) is 17.0 Å². The van der Waals surface area contributed by atoms with E-state index in [0.717, 1.165) is 23.1 Å². The SMILES string of the molecule is CCC(C)c1ccc2oc(-c3ccc(NC(=S)NC(=O)/C=C/c4ccc(-c5ccc(Cl)cc5Cl)o4)cc3)nc2c1. The summed E-state index contributed by atoms with van der Waals surface area (Å²) in [6.07, 6.45) is 3.95. The second-order valence-corrected chi connectivity index (χ2v) is 10.5. The predicted octanol–water partition coefficient (Wildman–Crippen LogP) is 9.10. The number of nitrogens with one attached hydrogen (secondary N) is 2. The third-order valence-corrected chi connectivity index (χ3v) is 7.19. The first kappa shape index (κ1) is 27.6. The van der Waals surface area contributed by atoms with Gasteiger partial charge < -0.3 is 14.2 Å². The summed E-state index contributed by atoms with van der Waals surface area (Å²) in [5.74, 6) is 1.66. The van der Waals surface area contributed by atoms with Crippen molar-refractivity contribution in [2.24, 2.45) is 0 Å². The fourth-order valence-corrected chi connectivity index (χ4v) is 4.78. The Labute approximate surface area is 247 Å². The molecule has 40 heavy (non-hydrogen) atoms. The van der Waals surface area contributed by atoms with E-state index in [0.29, 0.717) is 44.6 Å². The summed E-state index contributed by atoms with van der Waals surface area (Å²) in [4.78, 5) is 17.0. The van der Waals surface area contributed by atoms with Gasteiger partial charge >= 0.3 is 0 Å². The van der Waals surface area contributed by atoms with Crippen LogP contribution in [0, 0.1) is 0 Å². The molecule has 6 nitrogen and oxygen atoms in total. The Balaban J connectivity index is 1.17. The average Bonchev–Trinajstić information content (AvgIpc) is 3.58. The molecule has 0 aliphatic heterocycles. The van der Waals surface area contributed by atoms with Crippen LogP contribution in [0.2, 0.25) is 10.0 Å². The van der Waals surface area contributed by atoms with Crippen molar-refractivity contribution in [3.05, 3.63) is 100 Å². The summed E-state index contributed by atoms with van der Waals surface area (Å²) < 4.78 is 11.7. The number of aromatic nitrogens is 1. The lowest BCUT2D eigenvalue weighted by Crippen LogP contribution is -2.32. The summed E-state index contributed by atoms with van der Waals surface area (Å²) >= 11 is 17.5. The molecule has 1 unspecified atom stereocenters. The highest BCUT2D eigenvalue weighted by atomic mass is 35.5. The number of carbonyl (C=O) groups is 1. The summed E-state index contributed by atoms with van der Waals surface area (Å²) in [5, 5.41) is 6.80. The minimum atomic E-state index is -0.403. The van der Waals surface area contributed by atoms with Crippen molar-refractivity contribution >= 4 is 69.3 Å². The number of hydrogen-bond acceptors (Lipinski definition) is 5. The Kier molecular flexibility index (Phi) is 8.35. The molecule has 0 saturated carbocycles. The maximum atomic E-state index is 12.4. The molecule has 0 bridgehead atoms. The van der Waals surface area contributed by atoms with E-state index in [4.69, 9.17) is 44.3 Å². The zero-order valence-electron chi connectivity index (χ0n) is 21.7. The number of oxazole rings is 1. The number of amides is 1. The summed E-state index contributed by atoms with van der Waals surface area (Å²) in [5.41, 5.74) is 5.09. The normalized spacial score (nSPS) is 12.1. The fourth-order valence-electron chi connectivity index (χ4n) is 4.06. The first-order valence-corrected chi connectivity index (χ1v) is 13.8. The molecule has 2 aromatic heterocycles. The van der Waals surface area contributed by atoms with Gasteiger partial charge in [-0.15, -0.1) is 0 Å². The molecule has 5 rings (SSSR count). The van der Waals surface area contributed by atoms with Crippen molar-refractivity contribution in [2.75, 3.05) is 5.32 Å². The van der Waals surface area contributed by atoms with Crippen LogP contribution in [0.3, 0.4) is 0 Å². The lowest BCUT2D eigenvalue weighted by Gasteiger charge is -2.08. The van der Waals surface area contributed by atoms with E-state index in [-0.39, 0.29) is 5.11 Å². The van der Waals surface area contributed by atoms with Crippen LogP contribution in [0.4, 0.5) is 5.69 Å². The van der Waals surface area contributed by atoms with E-state index in [2.05, 4.69) is 41.6 Å². The standard InChI is InChI=1S/C31H25Cl2N3O3S/c1-3-18(2)20-6-13-28-26(16-20)35-30(39-28)19-4-8-22(9-5-19)34-31(40)36-29(37)15-11-23-10-14-27(38-23)24-12-7-21(32)17-25(24)33/h4-18H,3H2,1-2H3,(H2,34,36,37,40)/b15-11+. The van der Waals surface area contributed by atoms with Gasteiger partial charge in [0.25, 0.3) is 0 Å². The van der Waals surface area contributed by atoms with Gasteiger partial charge in [-0.1, -0.05) is 43.1 Å². The molecule has 0 saturated heterocycles. The monoisotopic (exact) mass is 589 g/mol. The Morgan fingerprint density at radius 1 is 1.02 bits per heavy atom. The second-order valence-electron chi connectivity index (χ2n) is 9.24. The highest BCUT2D eigenvalue weighted by molar-refractivity contribution is 7.80. The van der Waals surface area contributed by atoms with Gasteiger partial charge in [0.2, 0.25) is 11.8 Å². The zero-order chi connectivity index (χ0) is 28.2. The van der Waals surface area contributed by atoms with Crippen LogP contribution in [-0.4, -0.2) is 16.0 Å². The van der Waals surface area contributed by atoms with E-state index < -0.39 is 5.91 Å². The Morgan fingerprint density at radius 3 is 2.58 bits per heavy atom. The largest absolute Gasteiger partial charge is 0.457 e. The Bertz CT molecular complexity index is 1720. The van der Waals surface area contributed by atoms with Crippen molar-refractivity contribution < 1.29 is 13.6 Å². The lowest BCUT2D eigenvalue weighted by atomic mass is 9.98. The van der Waals surface area contributed by atoms with Crippen molar-refractivity contribution in [1.82, 2.24) is 10.3 Å².